The molecule has 278 valence electrons. The maximum Gasteiger partial charge on any atom is 1.00 e. The van der Waals surface area contributed by atoms with E-state index in [0.717, 1.165) is 16.7 Å². The van der Waals surface area contributed by atoms with Gasteiger partial charge in [0.15, 0.2) is 0 Å². The van der Waals surface area contributed by atoms with E-state index in [4.69, 9.17) is 14.6 Å². The van der Waals surface area contributed by atoms with Gasteiger partial charge in [0.2, 0.25) is 18.6 Å². The van der Waals surface area contributed by atoms with Crippen molar-refractivity contribution in [3.05, 3.63) is 82.2 Å². The summed E-state index contributed by atoms with van der Waals surface area (Å²) in [5.74, 6) is -4.53. The van der Waals surface area contributed by atoms with Gasteiger partial charge in [-0.05, 0) is 80.9 Å². The van der Waals surface area contributed by atoms with Gasteiger partial charge in [0, 0.05) is 0 Å². The maximum absolute atomic E-state index is 12.8. The number of ether oxygens (including phenoxy) is 2. The average Bonchev–Trinajstić information content (AvgIpc) is 3.61. The number of carbonyl (C=O) groups is 5. The molecule has 53 heavy (non-hydrogen) atoms. The van der Waals surface area contributed by atoms with Crippen LogP contribution in [0.4, 0.5) is 0 Å². The fourth-order valence-corrected chi connectivity index (χ4v) is 7.08. The molecule has 0 aromatic heterocycles. The van der Waals surface area contributed by atoms with Crippen molar-refractivity contribution in [1.82, 2.24) is 9.80 Å². The summed E-state index contributed by atoms with van der Waals surface area (Å²) in [5, 5.41) is 49.4. The van der Waals surface area contributed by atoms with E-state index < -0.39 is 54.2 Å². The van der Waals surface area contributed by atoms with Crippen LogP contribution in [-0.4, -0.2) is 91.0 Å². The summed E-state index contributed by atoms with van der Waals surface area (Å²) in [6, 6.07) is 13.2. The van der Waals surface area contributed by atoms with Crippen LogP contribution >= 0.6 is 0 Å². The topological polar surface area (TPSA) is 214 Å². The minimum atomic E-state index is -1.39. The zero-order valence-corrected chi connectivity index (χ0v) is 32.6. The van der Waals surface area contributed by atoms with E-state index >= 15 is 0 Å². The molecule has 0 saturated carbocycles. The third-order valence-corrected chi connectivity index (χ3v) is 9.81. The predicted molar refractivity (Wildman–Crippen MR) is 181 cm³/mol. The molecule has 0 spiro atoms. The second-order valence-electron chi connectivity index (χ2n) is 14.4. The Labute approximate surface area is 329 Å². The summed E-state index contributed by atoms with van der Waals surface area (Å²) in [6.07, 6.45) is -0.873. The van der Waals surface area contributed by atoms with Crippen LogP contribution in [0.1, 0.15) is 69.7 Å². The SMILES string of the molecule is C[C@@H](O)[C@H]1C(=O)N2C(C(=O)OCOC(=O)C(C)(C)C)=C(c3ccc(CO)cc3)C[C@H]12.C[C@@H](O)[C@H]1C(=O)N2C(C(=O)[O-])=C(c3ccc(CO)cc3)C[C@H]12.[Na+]. The molecule has 4 heterocycles. The number of fused-ring (bicyclic) bond motifs is 2. The van der Waals surface area contributed by atoms with Gasteiger partial charge < -0.3 is 49.6 Å². The fraction of sp³-hybridized carbons (Fsp3) is 0.447. The van der Waals surface area contributed by atoms with Crippen molar-refractivity contribution in [2.75, 3.05) is 6.79 Å². The number of hydrogen-bond acceptors (Lipinski definition) is 12. The number of hydrogen-bond donors (Lipinski definition) is 4. The van der Waals surface area contributed by atoms with Crippen LogP contribution in [0, 0.1) is 17.3 Å². The molecule has 2 amide bonds. The Morgan fingerprint density at radius 3 is 1.51 bits per heavy atom. The van der Waals surface area contributed by atoms with Gasteiger partial charge in [-0.15, -0.1) is 0 Å². The molecule has 4 aliphatic heterocycles. The van der Waals surface area contributed by atoms with Crippen molar-refractivity contribution in [2.24, 2.45) is 17.3 Å². The van der Waals surface area contributed by atoms with Crippen molar-refractivity contribution < 1.29 is 88.5 Å². The average molecular weight is 743 g/mol. The van der Waals surface area contributed by atoms with Crippen LogP contribution in [0.3, 0.4) is 0 Å². The van der Waals surface area contributed by atoms with Crippen LogP contribution in [0.25, 0.3) is 11.1 Å². The van der Waals surface area contributed by atoms with Crippen LogP contribution in [0.15, 0.2) is 59.9 Å². The molecule has 0 aliphatic carbocycles. The Balaban J connectivity index is 0.000000243. The van der Waals surface area contributed by atoms with Crippen molar-refractivity contribution >= 4 is 40.9 Å². The van der Waals surface area contributed by atoms with Gasteiger partial charge >= 0.3 is 41.5 Å². The van der Waals surface area contributed by atoms with Crippen molar-refractivity contribution in [1.29, 1.82) is 0 Å². The number of benzene rings is 2. The molecule has 0 unspecified atom stereocenters. The molecule has 6 rings (SSSR count). The van der Waals surface area contributed by atoms with Crippen molar-refractivity contribution in [2.45, 2.75) is 85.0 Å². The first kappa shape index (κ1) is 41.9. The third kappa shape index (κ3) is 8.14. The Morgan fingerprint density at radius 2 is 1.15 bits per heavy atom. The van der Waals surface area contributed by atoms with E-state index in [0.29, 0.717) is 29.6 Å². The van der Waals surface area contributed by atoms with E-state index in [2.05, 4.69) is 0 Å². The number of carbonyl (C=O) groups excluding carboxylic acids is 5. The van der Waals surface area contributed by atoms with Crippen LogP contribution in [-0.2, 0) is 46.7 Å². The zero-order valence-electron chi connectivity index (χ0n) is 30.6. The minimum Gasteiger partial charge on any atom is -0.543 e. The quantitative estimate of drug-likeness (QED) is 0.0888. The number of amides is 2. The molecule has 4 aliphatic rings. The molecule has 15 heteroatoms. The summed E-state index contributed by atoms with van der Waals surface area (Å²) in [7, 11) is 0. The van der Waals surface area contributed by atoms with Crippen LogP contribution in [0.5, 0.6) is 0 Å². The number of aliphatic hydroxyl groups is 4. The Bertz CT molecular complexity index is 1810. The van der Waals surface area contributed by atoms with E-state index in [9.17, 15) is 44.4 Å². The molecule has 4 N–H and O–H groups in total. The third-order valence-electron chi connectivity index (χ3n) is 9.81. The molecular formula is C38H43N2NaO12. The standard InChI is InChI=1S/C22H27NO7.C16H17NO5.Na/c1-12(25)17-16-9-15(14-7-5-13(10-24)6-8-14)18(23(16)19(17)26)20(27)29-11-30-21(28)22(2,3)4;1-8(19)13-12-6-11(10-4-2-9(7-18)3-5-10)14(16(21)22)17(12)15(13)20;/h5-8,12,16-17,24-25H,9-11H2,1-4H3;2-5,8,12-13,18-19H,6-7H2,1H3,(H,21,22);/q;;+1/p-1/t12-,16-,17-;8-,12-,13-;/m11./s1. The molecule has 2 fully saturated rings. The molecule has 2 aromatic carbocycles. The molecule has 2 saturated heterocycles. The number of rotatable bonds is 10. The number of aliphatic hydroxyl groups excluding tert-OH is 4. The Hall–Kier alpha value is -3.89. The second-order valence-corrected chi connectivity index (χ2v) is 14.4. The number of nitrogens with zero attached hydrogens (tertiary/aromatic N) is 2. The molecule has 6 atom stereocenters. The van der Waals surface area contributed by atoms with Crippen LogP contribution < -0.4 is 34.7 Å². The zero-order chi connectivity index (χ0) is 38.2. The molecule has 0 radical (unpaired) electrons. The normalized spacial score (nSPS) is 22.7. The molecule has 0 bridgehead atoms. The summed E-state index contributed by atoms with van der Waals surface area (Å²) in [6.45, 7) is 7.39. The van der Waals surface area contributed by atoms with Crippen LogP contribution in [0.2, 0.25) is 0 Å². The van der Waals surface area contributed by atoms with Gasteiger partial charge in [0.1, 0.15) is 5.70 Å². The van der Waals surface area contributed by atoms with Gasteiger partial charge in [-0.1, -0.05) is 48.5 Å². The van der Waals surface area contributed by atoms with E-state index in [1.165, 1.54) is 16.7 Å². The molecule has 2 aromatic rings. The van der Waals surface area contributed by atoms with E-state index in [1.54, 1.807) is 76.2 Å². The van der Waals surface area contributed by atoms with Crippen molar-refractivity contribution in [3.63, 3.8) is 0 Å². The Kier molecular flexibility index (Phi) is 13.1. The van der Waals surface area contributed by atoms with Gasteiger partial charge in [0.25, 0.3) is 0 Å². The number of carboxylic acid groups (broad SMARTS) is 1. The summed E-state index contributed by atoms with van der Waals surface area (Å²) in [5.41, 5.74) is 3.26. The summed E-state index contributed by atoms with van der Waals surface area (Å²) in [4.78, 5) is 63.4. The minimum absolute atomic E-state index is 0. The monoisotopic (exact) mass is 742 g/mol. The van der Waals surface area contributed by atoms with E-state index in [1.807, 2.05) is 0 Å². The largest absolute Gasteiger partial charge is 1.00 e. The first-order valence-corrected chi connectivity index (χ1v) is 17.0. The van der Waals surface area contributed by atoms with E-state index in [-0.39, 0.29) is 78.1 Å². The van der Waals surface area contributed by atoms with Gasteiger partial charge in [-0.3, -0.25) is 14.4 Å². The van der Waals surface area contributed by atoms with Gasteiger partial charge in [-0.2, -0.15) is 0 Å². The summed E-state index contributed by atoms with van der Waals surface area (Å²) < 4.78 is 10.1. The van der Waals surface area contributed by atoms with Crippen molar-refractivity contribution in [3.8, 4) is 0 Å². The number of aliphatic carboxylic acids is 1. The van der Waals surface area contributed by atoms with Gasteiger partial charge in [-0.25, -0.2) is 4.79 Å². The molecule has 14 nitrogen and oxygen atoms in total. The molecular weight excluding hydrogens is 699 g/mol. The Morgan fingerprint density at radius 1 is 0.755 bits per heavy atom. The fourth-order valence-electron chi connectivity index (χ4n) is 7.08. The summed E-state index contributed by atoms with van der Waals surface area (Å²) >= 11 is 0. The predicted octanol–water partition coefficient (Wildman–Crippen LogP) is -2.15. The maximum atomic E-state index is 12.8. The number of β-lactam (4-membered cyclic amide) rings is 2. The smallest absolute Gasteiger partial charge is 0.543 e. The first-order valence-electron chi connectivity index (χ1n) is 17.0. The number of carboxylic acids is 1. The van der Waals surface area contributed by atoms with Gasteiger partial charge in [0.05, 0.1) is 66.4 Å². The number of esters is 2. The second kappa shape index (κ2) is 16.6. The first-order chi connectivity index (χ1) is 24.5.